The zero-order chi connectivity index (χ0) is 21.1. The number of benzene rings is 1. The van der Waals surface area contributed by atoms with Crippen LogP contribution in [0.1, 0.15) is 28.5 Å². The van der Waals surface area contributed by atoms with Crippen LogP contribution in [0.4, 0.5) is 5.00 Å². The molecule has 0 fully saturated rings. The Morgan fingerprint density at radius 2 is 1.97 bits per heavy atom. The van der Waals surface area contributed by atoms with Gasteiger partial charge in [-0.25, -0.2) is 9.78 Å². The summed E-state index contributed by atoms with van der Waals surface area (Å²) in [4.78, 5) is 30.5. The summed E-state index contributed by atoms with van der Waals surface area (Å²) in [6.07, 6.45) is 3.87. The number of thiophene rings is 1. The van der Waals surface area contributed by atoms with Crippen molar-refractivity contribution in [2.45, 2.75) is 20.3 Å². The predicted molar refractivity (Wildman–Crippen MR) is 118 cm³/mol. The van der Waals surface area contributed by atoms with Gasteiger partial charge in [-0.3, -0.25) is 4.79 Å². The summed E-state index contributed by atoms with van der Waals surface area (Å²) in [6, 6.07) is 15.4. The summed E-state index contributed by atoms with van der Waals surface area (Å²) in [5, 5.41) is 3.36. The number of amides is 1. The van der Waals surface area contributed by atoms with Crippen LogP contribution in [0.5, 0.6) is 0 Å². The summed E-state index contributed by atoms with van der Waals surface area (Å²) in [5.74, 6) is -0.684. The number of ether oxygens (including phenoxy) is 1. The first kappa shape index (κ1) is 19.8. The molecule has 30 heavy (non-hydrogen) atoms. The monoisotopic (exact) mass is 419 g/mol. The molecule has 4 rings (SSSR count). The van der Waals surface area contributed by atoms with Gasteiger partial charge in [-0.1, -0.05) is 30.3 Å². The standard InChI is InChI=1S/C23H21N3O3S/c1-3-29-23(28)18-13-19(16-7-5-4-6-8-16)30-22(18)25-21(27)12-17-14-26-10-9-15(2)11-20(26)24-17/h4-11,13-14H,3,12H2,1-2H3,(H,25,27). The Bertz CT molecular complexity index is 1210. The van der Waals surface area contributed by atoms with E-state index >= 15 is 0 Å². The number of carbonyl (C=O) groups is 2. The Balaban J connectivity index is 1.57. The van der Waals surface area contributed by atoms with Crippen LogP contribution in [0.2, 0.25) is 0 Å². The zero-order valence-corrected chi connectivity index (χ0v) is 17.5. The van der Waals surface area contributed by atoms with Crippen molar-refractivity contribution < 1.29 is 14.3 Å². The summed E-state index contributed by atoms with van der Waals surface area (Å²) >= 11 is 1.35. The number of nitrogens with zero attached hydrogens (tertiary/aromatic N) is 2. The molecule has 7 heteroatoms. The number of anilines is 1. The topological polar surface area (TPSA) is 72.7 Å². The van der Waals surface area contributed by atoms with E-state index in [0.717, 1.165) is 21.7 Å². The van der Waals surface area contributed by atoms with Gasteiger partial charge in [0.15, 0.2) is 0 Å². The van der Waals surface area contributed by atoms with E-state index < -0.39 is 5.97 Å². The van der Waals surface area contributed by atoms with Gasteiger partial charge in [0.2, 0.25) is 5.91 Å². The number of pyridine rings is 1. The average molecular weight is 420 g/mol. The van der Waals surface area contributed by atoms with E-state index in [9.17, 15) is 9.59 Å². The van der Waals surface area contributed by atoms with E-state index in [1.54, 1.807) is 13.0 Å². The van der Waals surface area contributed by atoms with Gasteiger partial charge in [0.05, 0.1) is 24.3 Å². The fraction of sp³-hybridized carbons (Fsp3) is 0.174. The van der Waals surface area contributed by atoms with Gasteiger partial charge in [0, 0.05) is 17.3 Å². The van der Waals surface area contributed by atoms with E-state index in [1.165, 1.54) is 11.3 Å². The highest BCUT2D eigenvalue weighted by Crippen LogP contribution is 2.36. The molecule has 0 aliphatic rings. The maximum absolute atomic E-state index is 12.7. The lowest BCUT2D eigenvalue weighted by atomic mass is 10.1. The number of aromatic nitrogens is 2. The number of hydrogen-bond acceptors (Lipinski definition) is 5. The summed E-state index contributed by atoms with van der Waals surface area (Å²) in [7, 11) is 0. The maximum Gasteiger partial charge on any atom is 0.341 e. The Morgan fingerprint density at radius 3 is 2.73 bits per heavy atom. The van der Waals surface area contributed by atoms with Crippen LogP contribution >= 0.6 is 11.3 Å². The molecule has 0 unspecified atom stereocenters. The molecule has 4 aromatic rings. The van der Waals surface area contributed by atoms with Gasteiger partial charge in [-0.2, -0.15) is 0 Å². The van der Waals surface area contributed by atoms with Crippen LogP contribution in [-0.2, 0) is 16.0 Å². The second kappa shape index (κ2) is 8.51. The number of carbonyl (C=O) groups excluding carboxylic acids is 2. The smallest absolute Gasteiger partial charge is 0.341 e. The molecular weight excluding hydrogens is 398 g/mol. The van der Waals surface area contributed by atoms with E-state index in [1.807, 2.05) is 66.2 Å². The number of imidazole rings is 1. The van der Waals surface area contributed by atoms with Gasteiger partial charge in [0.1, 0.15) is 10.6 Å². The molecule has 6 nitrogen and oxygen atoms in total. The molecule has 0 spiro atoms. The minimum Gasteiger partial charge on any atom is -0.462 e. The number of nitrogens with one attached hydrogen (secondary N) is 1. The number of rotatable bonds is 6. The molecule has 0 aliphatic heterocycles. The summed E-state index contributed by atoms with van der Waals surface area (Å²) in [5.41, 5.74) is 3.90. The van der Waals surface area contributed by atoms with E-state index in [4.69, 9.17) is 4.74 Å². The number of aryl methyl sites for hydroxylation is 1. The normalized spacial score (nSPS) is 10.9. The van der Waals surface area contributed by atoms with Gasteiger partial charge in [-0.05, 0) is 43.2 Å². The van der Waals surface area contributed by atoms with Crippen molar-refractivity contribution >= 4 is 33.9 Å². The number of esters is 1. The Morgan fingerprint density at radius 1 is 1.17 bits per heavy atom. The van der Waals surface area contributed by atoms with Crippen molar-refractivity contribution in [3.63, 3.8) is 0 Å². The second-order valence-corrected chi connectivity index (χ2v) is 7.92. The van der Waals surface area contributed by atoms with Gasteiger partial charge in [-0.15, -0.1) is 11.3 Å². The molecule has 1 N–H and O–H groups in total. The van der Waals surface area contributed by atoms with Crippen LogP contribution in [0.3, 0.4) is 0 Å². The van der Waals surface area contributed by atoms with Crippen molar-refractivity contribution in [1.29, 1.82) is 0 Å². The number of fused-ring (bicyclic) bond motifs is 1. The third-order valence-corrected chi connectivity index (χ3v) is 5.65. The molecule has 3 aromatic heterocycles. The third-order valence-electron chi connectivity index (χ3n) is 4.55. The predicted octanol–water partition coefficient (Wildman–Crippen LogP) is 4.73. The highest BCUT2D eigenvalue weighted by molar-refractivity contribution is 7.20. The highest BCUT2D eigenvalue weighted by Gasteiger charge is 2.20. The van der Waals surface area contributed by atoms with Crippen molar-refractivity contribution in [2.75, 3.05) is 11.9 Å². The molecule has 0 aliphatic carbocycles. The molecular formula is C23H21N3O3S. The molecule has 0 saturated heterocycles. The zero-order valence-electron chi connectivity index (χ0n) is 16.7. The highest BCUT2D eigenvalue weighted by atomic mass is 32.1. The van der Waals surface area contributed by atoms with Crippen LogP contribution in [0.15, 0.2) is 60.9 Å². The van der Waals surface area contributed by atoms with Crippen LogP contribution in [0, 0.1) is 6.92 Å². The minimum atomic E-state index is -0.450. The van der Waals surface area contributed by atoms with Crippen LogP contribution in [0.25, 0.3) is 16.1 Å². The molecule has 0 saturated carbocycles. The molecule has 1 aromatic carbocycles. The van der Waals surface area contributed by atoms with Gasteiger partial charge in [0.25, 0.3) is 0 Å². The molecule has 152 valence electrons. The van der Waals surface area contributed by atoms with Crippen molar-refractivity contribution in [2.24, 2.45) is 0 Å². The molecule has 3 heterocycles. The lowest BCUT2D eigenvalue weighted by Gasteiger charge is -2.05. The summed E-state index contributed by atoms with van der Waals surface area (Å²) in [6.45, 7) is 4.02. The Hall–Kier alpha value is -3.45. The number of hydrogen-bond donors (Lipinski definition) is 1. The first-order valence-electron chi connectivity index (χ1n) is 9.64. The Kier molecular flexibility index (Phi) is 5.63. The SMILES string of the molecule is CCOC(=O)c1cc(-c2ccccc2)sc1NC(=O)Cc1cn2ccc(C)cc2n1. The lowest BCUT2D eigenvalue weighted by Crippen LogP contribution is -2.16. The van der Waals surface area contributed by atoms with E-state index in [-0.39, 0.29) is 18.9 Å². The van der Waals surface area contributed by atoms with Crippen molar-refractivity contribution in [3.05, 3.63) is 77.7 Å². The van der Waals surface area contributed by atoms with Gasteiger partial charge < -0.3 is 14.5 Å². The third kappa shape index (κ3) is 4.26. The lowest BCUT2D eigenvalue weighted by molar-refractivity contribution is -0.115. The average Bonchev–Trinajstić information content (AvgIpc) is 3.32. The second-order valence-electron chi connectivity index (χ2n) is 6.87. The first-order valence-corrected chi connectivity index (χ1v) is 10.5. The fourth-order valence-corrected chi connectivity index (χ4v) is 4.21. The molecule has 1 amide bonds. The van der Waals surface area contributed by atoms with Gasteiger partial charge >= 0.3 is 5.97 Å². The van der Waals surface area contributed by atoms with Crippen molar-refractivity contribution in [3.8, 4) is 10.4 Å². The molecule has 0 atom stereocenters. The summed E-state index contributed by atoms with van der Waals surface area (Å²) < 4.78 is 7.06. The van der Waals surface area contributed by atoms with Crippen LogP contribution < -0.4 is 5.32 Å². The van der Waals surface area contributed by atoms with E-state index in [0.29, 0.717) is 16.3 Å². The first-order chi connectivity index (χ1) is 14.5. The molecule has 0 radical (unpaired) electrons. The van der Waals surface area contributed by atoms with Crippen LogP contribution in [-0.4, -0.2) is 27.9 Å². The Labute approximate surface area is 178 Å². The van der Waals surface area contributed by atoms with Crippen molar-refractivity contribution in [1.82, 2.24) is 9.38 Å². The van der Waals surface area contributed by atoms with E-state index in [2.05, 4.69) is 10.3 Å². The minimum absolute atomic E-state index is 0.113. The maximum atomic E-state index is 12.7. The fourth-order valence-electron chi connectivity index (χ4n) is 3.15. The largest absolute Gasteiger partial charge is 0.462 e. The quantitative estimate of drug-likeness (QED) is 0.459. The molecule has 0 bridgehead atoms.